The summed E-state index contributed by atoms with van der Waals surface area (Å²) in [6.07, 6.45) is 7.48. The van der Waals surface area contributed by atoms with E-state index in [1.165, 1.54) is 25.7 Å². The lowest BCUT2D eigenvalue weighted by atomic mass is 9.82. The van der Waals surface area contributed by atoms with Crippen molar-refractivity contribution in [3.8, 4) is 5.69 Å². The molecule has 3 fully saturated rings. The lowest BCUT2D eigenvalue weighted by Crippen LogP contribution is -2.52. The summed E-state index contributed by atoms with van der Waals surface area (Å²) < 4.78 is 1.85. The molecule has 6 rings (SSSR count). The van der Waals surface area contributed by atoms with Gasteiger partial charge in [0.2, 0.25) is 0 Å². The van der Waals surface area contributed by atoms with Gasteiger partial charge < -0.3 is 10.0 Å². The van der Waals surface area contributed by atoms with Crippen molar-refractivity contribution in [2.45, 2.75) is 50.5 Å². The van der Waals surface area contributed by atoms with Crippen LogP contribution in [0.3, 0.4) is 0 Å². The maximum absolute atomic E-state index is 12.0. The first-order valence-electron chi connectivity index (χ1n) is 11.9. The Bertz CT molecular complexity index is 1140. The van der Waals surface area contributed by atoms with Gasteiger partial charge in [0.1, 0.15) is 0 Å². The minimum atomic E-state index is -0.993. The molecular weight excluding hydrogens is 402 g/mol. The molecule has 1 saturated heterocycles. The molecule has 166 valence electrons. The van der Waals surface area contributed by atoms with Crippen LogP contribution in [-0.2, 0) is 0 Å². The third kappa shape index (κ3) is 3.26. The number of aromatic carboxylic acids is 1. The number of pyridine rings is 1. The third-order valence-electron chi connectivity index (χ3n) is 7.60. The van der Waals surface area contributed by atoms with Gasteiger partial charge in [-0.1, -0.05) is 31.0 Å². The number of aromatic nitrogens is 3. The van der Waals surface area contributed by atoms with Crippen molar-refractivity contribution in [2.75, 3.05) is 31.1 Å². The minimum absolute atomic E-state index is 0.0890. The number of para-hydroxylation sites is 1. The van der Waals surface area contributed by atoms with Gasteiger partial charge in [-0.25, -0.2) is 14.5 Å². The van der Waals surface area contributed by atoms with E-state index >= 15 is 0 Å². The fraction of sp³-hybridized carbons (Fsp3) is 0.480. The van der Waals surface area contributed by atoms with Crippen molar-refractivity contribution in [1.29, 1.82) is 0 Å². The quantitative estimate of drug-likeness (QED) is 0.657. The molecule has 3 aromatic rings. The number of carboxylic acids is 1. The van der Waals surface area contributed by atoms with Crippen LogP contribution in [0.2, 0.25) is 0 Å². The van der Waals surface area contributed by atoms with E-state index in [0.717, 1.165) is 67.5 Å². The lowest BCUT2D eigenvalue weighted by Gasteiger charge is -2.43. The zero-order valence-corrected chi connectivity index (χ0v) is 18.3. The van der Waals surface area contributed by atoms with Crippen molar-refractivity contribution < 1.29 is 9.90 Å². The van der Waals surface area contributed by atoms with E-state index in [4.69, 9.17) is 5.10 Å². The predicted molar refractivity (Wildman–Crippen MR) is 124 cm³/mol. The summed E-state index contributed by atoms with van der Waals surface area (Å²) in [6, 6.07) is 12.5. The molecule has 1 aliphatic heterocycles. The van der Waals surface area contributed by atoms with E-state index in [1.54, 1.807) is 6.07 Å². The number of carbonyl (C=O) groups is 1. The second kappa shape index (κ2) is 7.89. The smallest absolute Gasteiger partial charge is 0.354 e. The molecule has 7 heteroatoms. The number of anilines is 1. The van der Waals surface area contributed by atoms with Crippen molar-refractivity contribution >= 4 is 22.7 Å². The number of piperazine rings is 1. The number of carboxylic acid groups (broad SMARTS) is 1. The second-order valence-corrected chi connectivity index (χ2v) is 9.40. The number of fused-ring (bicyclic) bond motifs is 1. The van der Waals surface area contributed by atoms with Crippen LogP contribution in [0.4, 0.5) is 5.69 Å². The van der Waals surface area contributed by atoms with Crippen LogP contribution in [0.5, 0.6) is 0 Å². The molecule has 2 aliphatic carbocycles. The molecule has 0 unspecified atom stereocenters. The first-order chi connectivity index (χ1) is 15.7. The lowest BCUT2D eigenvalue weighted by molar-refractivity contribution is 0.0691. The summed E-state index contributed by atoms with van der Waals surface area (Å²) in [7, 11) is 0. The molecule has 0 atom stereocenters. The second-order valence-electron chi connectivity index (χ2n) is 9.40. The average Bonchev–Trinajstić information content (AvgIpc) is 3.11. The van der Waals surface area contributed by atoms with Gasteiger partial charge >= 0.3 is 5.97 Å². The van der Waals surface area contributed by atoms with E-state index in [-0.39, 0.29) is 5.69 Å². The SMILES string of the molecule is O=C(O)c1cc(N2CCN(C3CCC3)CC2)c2c(C3CCC3)nn(-c3ccccc3)c2n1. The normalized spacial score (nSPS) is 20.3. The van der Waals surface area contributed by atoms with Gasteiger partial charge in [0, 0.05) is 38.1 Å². The monoisotopic (exact) mass is 431 g/mol. The Hall–Kier alpha value is -2.93. The highest BCUT2D eigenvalue weighted by atomic mass is 16.4. The van der Waals surface area contributed by atoms with Crippen LogP contribution in [0, 0.1) is 0 Å². The number of hydrogen-bond acceptors (Lipinski definition) is 5. The number of rotatable bonds is 5. The van der Waals surface area contributed by atoms with E-state index in [0.29, 0.717) is 11.6 Å². The molecule has 0 spiro atoms. The molecule has 3 aliphatic rings. The minimum Gasteiger partial charge on any atom is -0.477 e. The average molecular weight is 432 g/mol. The highest BCUT2D eigenvalue weighted by molar-refractivity contribution is 5.98. The standard InChI is InChI=1S/C25H29N5O2/c31-25(32)20-16-21(29-14-12-28(13-15-29)18-10-5-11-18)22-23(17-6-4-7-17)27-30(24(22)26-20)19-8-2-1-3-9-19/h1-3,8-9,16-18H,4-7,10-15H2,(H,31,32). The number of benzene rings is 1. The maximum atomic E-state index is 12.0. The fourth-order valence-electron chi connectivity index (χ4n) is 5.28. The number of nitrogens with zero attached hydrogens (tertiary/aromatic N) is 5. The molecule has 1 aromatic carbocycles. The first-order valence-corrected chi connectivity index (χ1v) is 11.9. The molecule has 3 heterocycles. The molecule has 7 nitrogen and oxygen atoms in total. The van der Waals surface area contributed by atoms with Gasteiger partial charge in [0.25, 0.3) is 0 Å². The van der Waals surface area contributed by atoms with Crippen LogP contribution in [-0.4, -0.2) is 63.0 Å². The highest BCUT2D eigenvalue weighted by Crippen LogP contribution is 2.43. The molecule has 32 heavy (non-hydrogen) atoms. The Balaban J connectivity index is 1.48. The van der Waals surface area contributed by atoms with Crippen LogP contribution in [0.25, 0.3) is 16.7 Å². The van der Waals surface area contributed by atoms with Crippen LogP contribution >= 0.6 is 0 Å². The van der Waals surface area contributed by atoms with E-state index < -0.39 is 5.97 Å². The molecule has 0 bridgehead atoms. The van der Waals surface area contributed by atoms with Crippen LogP contribution in [0.1, 0.15) is 60.6 Å². The van der Waals surface area contributed by atoms with Gasteiger partial charge in [0.15, 0.2) is 11.3 Å². The molecular formula is C25H29N5O2. The molecule has 1 N–H and O–H groups in total. The van der Waals surface area contributed by atoms with Crippen molar-refractivity contribution in [3.63, 3.8) is 0 Å². The summed E-state index contributed by atoms with van der Waals surface area (Å²) in [6.45, 7) is 3.88. The van der Waals surface area contributed by atoms with Crippen LogP contribution in [0.15, 0.2) is 36.4 Å². The van der Waals surface area contributed by atoms with Gasteiger partial charge in [-0.05, 0) is 43.9 Å². The third-order valence-corrected chi connectivity index (χ3v) is 7.60. The zero-order chi connectivity index (χ0) is 21.7. The van der Waals surface area contributed by atoms with Crippen molar-refractivity contribution in [2.24, 2.45) is 0 Å². The first kappa shape index (κ1) is 19.7. The summed E-state index contributed by atoms with van der Waals surface area (Å²) >= 11 is 0. The fourth-order valence-corrected chi connectivity index (χ4v) is 5.28. The van der Waals surface area contributed by atoms with E-state index in [1.807, 2.05) is 35.0 Å². The Labute approximate surface area is 187 Å². The summed E-state index contributed by atoms with van der Waals surface area (Å²) in [5.41, 5.74) is 3.74. The molecule has 2 saturated carbocycles. The largest absolute Gasteiger partial charge is 0.477 e. The summed E-state index contributed by atoms with van der Waals surface area (Å²) in [5, 5.41) is 15.9. The highest BCUT2D eigenvalue weighted by Gasteiger charge is 2.32. The van der Waals surface area contributed by atoms with Gasteiger partial charge in [0.05, 0.1) is 22.5 Å². The maximum Gasteiger partial charge on any atom is 0.354 e. The Kier molecular flexibility index (Phi) is 4.86. The molecule has 0 amide bonds. The van der Waals surface area contributed by atoms with Crippen molar-refractivity contribution in [1.82, 2.24) is 19.7 Å². The van der Waals surface area contributed by atoms with E-state index in [9.17, 15) is 9.90 Å². The summed E-state index contributed by atoms with van der Waals surface area (Å²) in [4.78, 5) is 21.6. The summed E-state index contributed by atoms with van der Waals surface area (Å²) in [5.74, 6) is -0.567. The van der Waals surface area contributed by atoms with Gasteiger partial charge in [-0.15, -0.1) is 0 Å². The Morgan fingerprint density at radius 1 is 0.969 bits per heavy atom. The molecule has 2 aromatic heterocycles. The van der Waals surface area contributed by atoms with E-state index in [2.05, 4.69) is 14.8 Å². The molecule has 0 radical (unpaired) electrons. The predicted octanol–water partition coefficient (Wildman–Crippen LogP) is 4.06. The number of hydrogen-bond donors (Lipinski definition) is 1. The topological polar surface area (TPSA) is 74.5 Å². The van der Waals surface area contributed by atoms with Crippen molar-refractivity contribution in [3.05, 3.63) is 47.8 Å². The Morgan fingerprint density at radius 3 is 2.28 bits per heavy atom. The zero-order valence-electron chi connectivity index (χ0n) is 18.3. The Morgan fingerprint density at radius 2 is 1.69 bits per heavy atom. The van der Waals surface area contributed by atoms with Crippen LogP contribution < -0.4 is 4.90 Å². The van der Waals surface area contributed by atoms with Gasteiger partial charge in [-0.2, -0.15) is 5.10 Å². The van der Waals surface area contributed by atoms with Gasteiger partial charge in [-0.3, -0.25) is 4.90 Å².